The molecule has 20 heavy (non-hydrogen) atoms. The Morgan fingerprint density at radius 3 is 2.45 bits per heavy atom. The second-order valence-electron chi connectivity index (χ2n) is 6.36. The maximum atomic E-state index is 12.2. The molecule has 2 fully saturated rings. The number of hydrogen-bond donors (Lipinski definition) is 2. The van der Waals surface area contributed by atoms with Gasteiger partial charge in [-0.3, -0.25) is 0 Å². The van der Waals surface area contributed by atoms with Crippen LogP contribution in [0, 0.1) is 5.92 Å². The van der Waals surface area contributed by atoms with Crippen LogP contribution in [0.2, 0.25) is 0 Å². The highest BCUT2D eigenvalue weighted by Crippen LogP contribution is 2.27. The van der Waals surface area contributed by atoms with Gasteiger partial charge in [0.2, 0.25) is 0 Å². The molecule has 2 aliphatic carbocycles. The maximum Gasteiger partial charge on any atom is 0.279 e. The summed E-state index contributed by atoms with van der Waals surface area (Å²) in [7, 11) is -1.66. The topological polar surface area (TPSA) is 61.4 Å². The van der Waals surface area contributed by atoms with Crippen LogP contribution in [-0.2, 0) is 10.2 Å². The lowest BCUT2D eigenvalue weighted by Crippen LogP contribution is -2.45. The molecule has 2 saturated carbocycles. The van der Waals surface area contributed by atoms with E-state index in [1.807, 2.05) is 6.92 Å². The molecule has 0 aromatic rings. The van der Waals surface area contributed by atoms with Gasteiger partial charge in [0.1, 0.15) is 0 Å². The molecule has 0 amide bonds. The van der Waals surface area contributed by atoms with Gasteiger partial charge in [0.05, 0.1) is 0 Å². The molecule has 2 aliphatic rings. The first-order chi connectivity index (χ1) is 9.49. The van der Waals surface area contributed by atoms with E-state index < -0.39 is 10.2 Å². The van der Waals surface area contributed by atoms with Gasteiger partial charge in [-0.25, -0.2) is 0 Å². The highest BCUT2D eigenvalue weighted by Gasteiger charge is 2.27. The molecule has 2 rings (SSSR count). The average molecular weight is 303 g/mol. The molecule has 0 saturated heterocycles. The first kappa shape index (κ1) is 16.2. The zero-order valence-electron chi connectivity index (χ0n) is 12.8. The van der Waals surface area contributed by atoms with E-state index in [1.165, 1.54) is 30.0 Å². The van der Waals surface area contributed by atoms with Crippen molar-refractivity contribution in [1.29, 1.82) is 0 Å². The minimum Gasteiger partial charge on any atom is -0.314 e. The van der Waals surface area contributed by atoms with E-state index in [1.54, 1.807) is 7.05 Å². The van der Waals surface area contributed by atoms with E-state index in [0.29, 0.717) is 18.5 Å². The monoisotopic (exact) mass is 303 g/mol. The van der Waals surface area contributed by atoms with Crippen LogP contribution in [0.1, 0.15) is 51.9 Å². The molecule has 0 heterocycles. The molecule has 1 atom stereocenters. The lowest BCUT2D eigenvalue weighted by Gasteiger charge is -2.24. The van der Waals surface area contributed by atoms with Gasteiger partial charge in [-0.15, -0.1) is 0 Å². The van der Waals surface area contributed by atoms with Gasteiger partial charge in [0.15, 0.2) is 0 Å². The fourth-order valence-electron chi connectivity index (χ4n) is 2.89. The molecule has 0 aliphatic heterocycles. The van der Waals surface area contributed by atoms with Crippen molar-refractivity contribution in [2.24, 2.45) is 5.92 Å². The van der Waals surface area contributed by atoms with Crippen LogP contribution >= 0.6 is 0 Å². The lowest BCUT2D eigenvalue weighted by atomic mass is 10.0. The summed E-state index contributed by atoms with van der Waals surface area (Å²) in [6, 6.07) is 0.743. The zero-order valence-corrected chi connectivity index (χ0v) is 13.6. The van der Waals surface area contributed by atoms with Crippen LogP contribution in [0.15, 0.2) is 0 Å². The second kappa shape index (κ2) is 7.20. The molecular weight excluding hydrogens is 274 g/mol. The Balaban J connectivity index is 1.69. The van der Waals surface area contributed by atoms with Crippen LogP contribution in [0.25, 0.3) is 0 Å². The fraction of sp³-hybridized carbons (Fsp3) is 1.00. The van der Waals surface area contributed by atoms with E-state index in [9.17, 15) is 8.42 Å². The maximum absolute atomic E-state index is 12.2. The third-order valence-electron chi connectivity index (χ3n) is 4.51. The summed E-state index contributed by atoms with van der Waals surface area (Å²) >= 11 is 0. The number of rotatable bonds is 9. The summed E-state index contributed by atoms with van der Waals surface area (Å²) in [6.45, 7) is 3.48. The predicted octanol–water partition coefficient (Wildman–Crippen LogP) is 1.47. The Kier molecular flexibility index (Phi) is 5.84. The minimum atomic E-state index is -3.33. The molecule has 0 bridgehead atoms. The molecule has 1 unspecified atom stereocenters. The second-order valence-corrected chi connectivity index (χ2v) is 8.17. The van der Waals surface area contributed by atoms with Crippen molar-refractivity contribution in [2.75, 3.05) is 20.1 Å². The van der Waals surface area contributed by atoms with Gasteiger partial charge in [0.25, 0.3) is 10.2 Å². The summed E-state index contributed by atoms with van der Waals surface area (Å²) in [5.41, 5.74) is 0. The molecule has 2 N–H and O–H groups in total. The van der Waals surface area contributed by atoms with E-state index in [2.05, 4.69) is 10.0 Å². The Morgan fingerprint density at radius 1 is 1.20 bits per heavy atom. The van der Waals surface area contributed by atoms with Crippen LogP contribution in [0.5, 0.6) is 0 Å². The van der Waals surface area contributed by atoms with Gasteiger partial charge >= 0.3 is 0 Å². The molecule has 0 radical (unpaired) electrons. The summed E-state index contributed by atoms with van der Waals surface area (Å²) in [6.07, 6.45) is 8.19. The van der Waals surface area contributed by atoms with Crippen molar-refractivity contribution in [1.82, 2.24) is 14.3 Å². The third-order valence-corrected chi connectivity index (χ3v) is 6.19. The summed E-state index contributed by atoms with van der Waals surface area (Å²) in [5, 5.41) is 3.41. The number of hydrogen-bond acceptors (Lipinski definition) is 3. The van der Waals surface area contributed by atoms with E-state index in [4.69, 9.17) is 0 Å². The summed E-state index contributed by atoms with van der Waals surface area (Å²) < 4.78 is 28.8. The standard InChI is InChI=1S/C14H29N3O2S/c1-12(13-6-3-4-7-13)16-20(18,19)17(2)11-5-10-15-14-8-9-14/h12-16H,3-11H2,1-2H3. The normalized spacial score (nSPS) is 22.6. The van der Waals surface area contributed by atoms with Crippen molar-refractivity contribution in [3.05, 3.63) is 0 Å². The molecule has 0 aromatic carbocycles. The Hall–Kier alpha value is -0.170. The smallest absolute Gasteiger partial charge is 0.279 e. The first-order valence-corrected chi connectivity index (χ1v) is 9.40. The Bertz CT molecular complexity index is 389. The zero-order chi connectivity index (χ0) is 14.6. The van der Waals surface area contributed by atoms with Crippen molar-refractivity contribution in [3.63, 3.8) is 0 Å². The largest absolute Gasteiger partial charge is 0.314 e. The Labute approximate surface area is 123 Å². The Morgan fingerprint density at radius 2 is 1.85 bits per heavy atom. The minimum absolute atomic E-state index is 0.0505. The summed E-state index contributed by atoms with van der Waals surface area (Å²) in [4.78, 5) is 0. The quantitative estimate of drug-likeness (QED) is 0.634. The molecule has 6 heteroatoms. The van der Waals surface area contributed by atoms with Gasteiger partial charge in [-0.1, -0.05) is 12.8 Å². The van der Waals surface area contributed by atoms with Crippen molar-refractivity contribution >= 4 is 10.2 Å². The average Bonchev–Trinajstić information content (AvgIpc) is 3.04. The third kappa shape index (κ3) is 4.98. The van der Waals surface area contributed by atoms with E-state index in [0.717, 1.165) is 25.8 Å². The van der Waals surface area contributed by atoms with Gasteiger partial charge in [0, 0.05) is 25.7 Å². The fourth-order valence-corrected chi connectivity index (χ4v) is 4.11. The highest BCUT2D eigenvalue weighted by atomic mass is 32.2. The van der Waals surface area contributed by atoms with Crippen molar-refractivity contribution < 1.29 is 8.42 Å². The number of nitrogens with zero attached hydrogens (tertiary/aromatic N) is 1. The summed E-state index contributed by atoms with van der Waals surface area (Å²) in [5.74, 6) is 0.509. The van der Waals surface area contributed by atoms with Crippen LogP contribution in [0.4, 0.5) is 0 Å². The van der Waals surface area contributed by atoms with Crippen LogP contribution in [-0.4, -0.2) is 44.9 Å². The van der Waals surface area contributed by atoms with Gasteiger partial charge in [-0.2, -0.15) is 17.4 Å². The van der Waals surface area contributed by atoms with Crippen LogP contribution in [0.3, 0.4) is 0 Å². The molecule has 0 spiro atoms. The highest BCUT2D eigenvalue weighted by molar-refractivity contribution is 7.87. The lowest BCUT2D eigenvalue weighted by molar-refractivity contribution is 0.394. The van der Waals surface area contributed by atoms with Gasteiger partial charge in [-0.05, 0) is 51.5 Å². The molecule has 118 valence electrons. The molecule has 0 aromatic heterocycles. The van der Waals surface area contributed by atoms with Crippen molar-refractivity contribution in [3.8, 4) is 0 Å². The van der Waals surface area contributed by atoms with Crippen molar-refractivity contribution in [2.45, 2.75) is 64.0 Å². The van der Waals surface area contributed by atoms with E-state index >= 15 is 0 Å². The molecular formula is C14H29N3O2S. The van der Waals surface area contributed by atoms with E-state index in [-0.39, 0.29) is 6.04 Å². The number of nitrogens with one attached hydrogen (secondary N) is 2. The SMILES string of the molecule is CC(NS(=O)(=O)N(C)CCCNC1CC1)C1CCCC1. The first-order valence-electron chi connectivity index (χ1n) is 7.96. The van der Waals surface area contributed by atoms with Gasteiger partial charge < -0.3 is 5.32 Å². The predicted molar refractivity (Wildman–Crippen MR) is 81.7 cm³/mol. The van der Waals surface area contributed by atoms with Crippen LogP contribution < -0.4 is 10.0 Å². The molecule has 5 nitrogen and oxygen atoms in total.